The maximum atomic E-state index is 14.3. The van der Waals surface area contributed by atoms with Gasteiger partial charge in [-0.05, 0) is 6.07 Å². The maximum Gasteiger partial charge on any atom is 0.175 e. The fraction of sp³-hybridized carbons (Fsp3) is 0.312. The first-order valence-electron chi connectivity index (χ1n) is 7.09. The standard InChI is InChI=1S/C16H15FN2O2/c17-12-10-18-13-9-11-3-1-2-4-14(11)21-16(13)15(12)19-5-7-20-8-6-19/h1-4,10H,5-9H2. The summed E-state index contributed by atoms with van der Waals surface area (Å²) in [6, 6.07) is 7.81. The van der Waals surface area contributed by atoms with Crippen LogP contribution in [0.15, 0.2) is 30.5 Å². The lowest BCUT2D eigenvalue weighted by atomic mass is 10.0. The largest absolute Gasteiger partial charge is 0.453 e. The highest BCUT2D eigenvalue weighted by molar-refractivity contribution is 5.65. The Morgan fingerprint density at radius 3 is 2.81 bits per heavy atom. The van der Waals surface area contributed by atoms with Gasteiger partial charge in [-0.2, -0.15) is 0 Å². The van der Waals surface area contributed by atoms with Gasteiger partial charge in [-0.3, -0.25) is 4.98 Å². The molecule has 0 unspecified atom stereocenters. The zero-order valence-corrected chi connectivity index (χ0v) is 11.5. The SMILES string of the molecule is Fc1cnc2c(c1N1CCOCC1)Oc1ccccc1C2. The number of fused-ring (bicyclic) bond motifs is 2. The first-order chi connectivity index (χ1) is 10.3. The van der Waals surface area contributed by atoms with E-state index in [1.54, 1.807) is 0 Å². The number of rotatable bonds is 1. The number of benzene rings is 1. The van der Waals surface area contributed by atoms with Crippen LogP contribution in [0, 0.1) is 5.82 Å². The Balaban J connectivity index is 1.79. The van der Waals surface area contributed by atoms with Gasteiger partial charge in [-0.15, -0.1) is 0 Å². The Hall–Kier alpha value is -2.14. The van der Waals surface area contributed by atoms with Crippen molar-refractivity contribution in [3.8, 4) is 11.5 Å². The minimum absolute atomic E-state index is 0.338. The smallest absolute Gasteiger partial charge is 0.175 e. The molecule has 0 atom stereocenters. The zero-order valence-electron chi connectivity index (χ0n) is 11.5. The first-order valence-corrected chi connectivity index (χ1v) is 7.09. The van der Waals surface area contributed by atoms with Crippen molar-refractivity contribution in [2.45, 2.75) is 6.42 Å². The van der Waals surface area contributed by atoms with Gasteiger partial charge in [0.25, 0.3) is 0 Å². The lowest BCUT2D eigenvalue weighted by molar-refractivity contribution is 0.122. The van der Waals surface area contributed by atoms with Crippen molar-refractivity contribution in [1.82, 2.24) is 4.98 Å². The minimum Gasteiger partial charge on any atom is -0.453 e. The molecule has 2 aliphatic rings. The Morgan fingerprint density at radius 1 is 1.14 bits per heavy atom. The molecule has 0 amide bonds. The molecule has 2 aliphatic heterocycles. The van der Waals surface area contributed by atoms with E-state index in [1.165, 1.54) is 6.20 Å². The van der Waals surface area contributed by atoms with E-state index in [9.17, 15) is 4.39 Å². The van der Waals surface area contributed by atoms with Gasteiger partial charge in [0.1, 0.15) is 11.4 Å². The molecule has 0 aliphatic carbocycles. The molecule has 0 N–H and O–H groups in total. The summed E-state index contributed by atoms with van der Waals surface area (Å²) in [5.74, 6) is 0.998. The molecule has 0 saturated carbocycles. The van der Waals surface area contributed by atoms with Gasteiger partial charge in [-0.25, -0.2) is 4.39 Å². The van der Waals surface area contributed by atoms with Gasteiger partial charge in [0.15, 0.2) is 11.6 Å². The third-order valence-electron chi connectivity index (χ3n) is 3.91. The van der Waals surface area contributed by atoms with E-state index in [0.717, 1.165) is 17.0 Å². The molecule has 3 heterocycles. The first kappa shape index (κ1) is 12.6. The van der Waals surface area contributed by atoms with Gasteiger partial charge in [0.05, 0.1) is 25.1 Å². The third-order valence-corrected chi connectivity index (χ3v) is 3.91. The number of anilines is 1. The number of aromatic nitrogens is 1. The van der Waals surface area contributed by atoms with Crippen molar-refractivity contribution >= 4 is 5.69 Å². The van der Waals surface area contributed by atoms with E-state index in [4.69, 9.17) is 9.47 Å². The van der Waals surface area contributed by atoms with Crippen LogP contribution in [0.5, 0.6) is 11.5 Å². The topological polar surface area (TPSA) is 34.6 Å². The fourth-order valence-corrected chi connectivity index (χ4v) is 2.85. The van der Waals surface area contributed by atoms with Crippen molar-refractivity contribution in [1.29, 1.82) is 0 Å². The predicted molar refractivity (Wildman–Crippen MR) is 76.5 cm³/mol. The second-order valence-corrected chi connectivity index (χ2v) is 5.22. The van der Waals surface area contributed by atoms with Crippen molar-refractivity contribution in [2.75, 3.05) is 31.2 Å². The molecule has 21 heavy (non-hydrogen) atoms. The van der Waals surface area contributed by atoms with Crippen LogP contribution >= 0.6 is 0 Å². The van der Waals surface area contributed by atoms with Crippen molar-refractivity contribution in [3.63, 3.8) is 0 Å². The highest BCUT2D eigenvalue weighted by atomic mass is 19.1. The van der Waals surface area contributed by atoms with Crippen LogP contribution < -0.4 is 9.64 Å². The van der Waals surface area contributed by atoms with E-state index in [0.29, 0.717) is 44.2 Å². The normalized spacial score (nSPS) is 16.9. The molecule has 2 aromatic rings. The molecule has 108 valence electrons. The molecule has 1 aromatic heterocycles. The highest BCUT2D eigenvalue weighted by Crippen LogP contribution is 2.42. The van der Waals surface area contributed by atoms with Crippen LogP contribution in [0.4, 0.5) is 10.1 Å². The van der Waals surface area contributed by atoms with Crippen molar-refractivity contribution < 1.29 is 13.9 Å². The van der Waals surface area contributed by atoms with E-state index >= 15 is 0 Å². The Morgan fingerprint density at radius 2 is 1.95 bits per heavy atom. The maximum absolute atomic E-state index is 14.3. The van der Waals surface area contributed by atoms with Gasteiger partial charge in [-0.1, -0.05) is 18.2 Å². The average molecular weight is 286 g/mol. The number of hydrogen-bond donors (Lipinski definition) is 0. The van der Waals surface area contributed by atoms with Crippen LogP contribution in [0.2, 0.25) is 0 Å². The summed E-state index contributed by atoms with van der Waals surface area (Å²) in [4.78, 5) is 6.19. The van der Waals surface area contributed by atoms with Crippen LogP contribution in [0.3, 0.4) is 0 Å². The number of hydrogen-bond acceptors (Lipinski definition) is 4. The van der Waals surface area contributed by atoms with Gasteiger partial charge in [0.2, 0.25) is 0 Å². The molecule has 0 radical (unpaired) electrons. The fourth-order valence-electron chi connectivity index (χ4n) is 2.85. The summed E-state index contributed by atoms with van der Waals surface area (Å²) >= 11 is 0. The Bertz CT molecular complexity index is 684. The number of halogens is 1. The van der Waals surface area contributed by atoms with E-state index < -0.39 is 0 Å². The third kappa shape index (κ3) is 2.14. The van der Waals surface area contributed by atoms with E-state index in [1.807, 2.05) is 29.2 Å². The van der Waals surface area contributed by atoms with Crippen LogP contribution in [-0.2, 0) is 11.2 Å². The van der Waals surface area contributed by atoms with Crippen molar-refractivity contribution in [3.05, 3.63) is 47.5 Å². The number of ether oxygens (including phenoxy) is 2. The summed E-state index contributed by atoms with van der Waals surface area (Å²) in [6.07, 6.45) is 1.96. The average Bonchev–Trinajstić information content (AvgIpc) is 2.54. The monoisotopic (exact) mass is 286 g/mol. The summed E-state index contributed by atoms with van der Waals surface area (Å²) < 4.78 is 25.6. The summed E-state index contributed by atoms with van der Waals surface area (Å²) in [5, 5.41) is 0. The minimum atomic E-state index is -0.338. The lowest BCUT2D eigenvalue weighted by Crippen LogP contribution is -2.37. The molecule has 1 aromatic carbocycles. The molecule has 4 rings (SSSR count). The predicted octanol–water partition coefficient (Wildman–Crippen LogP) is 2.75. The number of pyridine rings is 1. The molecule has 4 nitrogen and oxygen atoms in total. The van der Waals surface area contributed by atoms with E-state index in [2.05, 4.69) is 4.98 Å². The summed E-state index contributed by atoms with van der Waals surface area (Å²) in [7, 11) is 0. The Labute approximate surface area is 122 Å². The molecule has 1 saturated heterocycles. The molecular weight excluding hydrogens is 271 g/mol. The van der Waals surface area contributed by atoms with Gasteiger partial charge < -0.3 is 14.4 Å². The number of para-hydroxylation sites is 1. The van der Waals surface area contributed by atoms with Gasteiger partial charge >= 0.3 is 0 Å². The number of nitrogens with zero attached hydrogens (tertiary/aromatic N) is 2. The summed E-state index contributed by atoms with van der Waals surface area (Å²) in [6.45, 7) is 2.54. The van der Waals surface area contributed by atoms with Crippen molar-refractivity contribution in [2.24, 2.45) is 0 Å². The van der Waals surface area contributed by atoms with Crippen LogP contribution in [0.25, 0.3) is 0 Å². The second kappa shape index (κ2) is 5.00. The van der Waals surface area contributed by atoms with Gasteiger partial charge in [0, 0.05) is 25.1 Å². The van der Waals surface area contributed by atoms with Crippen LogP contribution in [0.1, 0.15) is 11.3 Å². The lowest BCUT2D eigenvalue weighted by Gasteiger charge is -2.32. The van der Waals surface area contributed by atoms with Crippen LogP contribution in [-0.4, -0.2) is 31.3 Å². The second-order valence-electron chi connectivity index (χ2n) is 5.22. The van der Waals surface area contributed by atoms with E-state index in [-0.39, 0.29) is 5.82 Å². The molecular formula is C16H15FN2O2. The molecule has 0 bridgehead atoms. The summed E-state index contributed by atoms with van der Waals surface area (Å²) in [5.41, 5.74) is 2.38. The molecule has 0 spiro atoms. The zero-order chi connectivity index (χ0) is 14.2. The highest BCUT2D eigenvalue weighted by Gasteiger charge is 2.27. The quantitative estimate of drug-likeness (QED) is 0.689. The number of morpholine rings is 1. The molecule has 5 heteroatoms. The Kier molecular flexibility index (Phi) is 3.00. The molecule has 1 fully saturated rings.